The molecule has 4 rings (SSSR count). The van der Waals surface area contributed by atoms with Gasteiger partial charge in [-0.25, -0.2) is 0 Å². The molecule has 0 radical (unpaired) electrons. The van der Waals surface area contributed by atoms with Crippen LogP contribution in [-0.4, -0.2) is 11.2 Å². The predicted molar refractivity (Wildman–Crippen MR) is 127 cm³/mol. The van der Waals surface area contributed by atoms with Crippen LogP contribution >= 0.6 is 0 Å². The molecule has 4 fully saturated rings. The van der Waals surface area contributed by atoms with Crippen LogP contribution in [0.2, 0.25) is 0 Å². The Morgan fingerprint density at radius 3 is 2.27 bits per heavy atom. The average molecular weight is 413 g/mol. The molecule has 1 nitrogen and oxygen atoms in total. The Bertz CT molecular complexity index is 670. The van der Waals surface area contributed by atoms with Crippen molar-refractivity contribution >= 4 is 0 Å². The molecule has 4 aliphatic carbocycles. The minimum atomic E-state index is -0.0263. The van der Waals surface area contributed by atoms with Gasteiger partial charge in [0.15, 0.2) is 0 Å². The van der Waals surface area contributed by atoms with Crippen LogP contribution in [0.25, 0.3) is 0 Å². The van der Waals surface area contributed by atoms with E-state index >= 15 is 0 Å². The maximum atomic E-state index is 10.3. The molecule has 30 heavy (non-hydrogen) atoms. The molecule has 0 amide bonds. The molecule has 10 atom stereocenters. The van der Waals surface area contributed by atoms with E-state index in [1.807, 2.05) is 0 Å². The fourth-order valence-corrected chi connectivity index (χ4v) is 9.18. The highest BCUT2D eigenvalue weighted by Gasteiger charge is 2.60. The van der Waals surface area contributed by atoms with Crippen LogP contribution in [0.1, 0.15) is 106 Å². The van der Waals surface area contributed by atoms with Crippen LogP contribution < -0.4 is 0 Å². The van der Waals surface area contributed by atoms with Crippen LogP contribution in [0.5, 0.6) is 0 Å². The second-order valence-electron chi connectivity index (χ2n) is 12.6. The van der Waals surface area contributed by atoms with Gasteiger partial charge in [-0.15, -0.1) is 0 Å². The first kappa shape index (κ1) is 22.7. The maximum absolute atomic E-state index is 10.3. The van der Waals surface area contributed by atoms with Crippen LogP contribution in [0.3, 0.4) is 0 Å². The summed E-state index contributed by atoms with van der Waals surface area (Å²) in [7, 11) is 0. The van der Waals surface area contributed by atoms with Gasteiger partial charge in [-0.05, 0) is 111 Å². The summed E-state index contributed by atoms with van der Waals surface area (Å²) in [5.41, 5.74) is 1.00. The summed E-state index contributed by atoms with van der Waals surface area (Å²) >= 11 is 0. The van der Waals surface area contributed by atoms with Gasteiger partial charge >= 0.3 is 0 Å². The van der Waals surface area contributed by atoms with E-state index in [4.69, 9.17) is 0 Å². The van der Waals surface area contributed by atoms with E-state index in [0.29, 0.717) is 28.6 Å². The Kier molecular flexibility index (Phi) is 6.40. The van der Waals surface area contributed by atoms with Crippen LogP contribution in [0.15, 0.2) is 0 Å². The molecule has 0 aliphatic heterocycles. The number of hydrogen-bond acceptors (Lipinski definition) is 1. The van der Waals surface area contributed by atoms with Crippen molar-refractivity contribution in [3.05, 3.63) is 0 Å². The third kappa shape index (κ3) is 3.68. The fourth-order valence-electron chi connectivity index (χ4n) is 9.18. The summed E-state index contributed by atoms with van der Waals surface area (Å²) in [6, 6.07) is 0. The van der Waals surface area contributed by atoms with Gasteiger partial charge in [-0.3, -0.25) is 0 Å². The number of rotatable bonds is 3. The number of aliphatic hydroxyl groups is 1. The Labute approximate surface area is 187 Å². The topological polar surface area (TPSA) is 20.2 Å². The molecule has 0 aromatic carbocycles. The van der Waals surface area contributed by atoms with Crippen molar-refractivity contribution in [3.8, 4) is 11.8 Å². The van der Waals surface area contributed by atoms with Crippen molar-refractivity contribution in [1.29, 1.82) is 0 Å². The molecule has 0 spiro atoms. The Morgan fingerprint density at radius 2 is 1.57 bits per heavy atom. The highest BCUT2D eigenvalue weighted by atomic mass is 16.3. The molecule has 0 aromatic heterocycles. The zero-order valence-corrected chi connectivity index (χ0v) is 20.7. The van der Waals surface area contributed by atoms with Crippen molar-refractivity contribution < 1.29 is 5.11 Å². The van der Waals surface area contributed by atoms with Gasteiger partial charge in [0.05, 0.1) is 6.10 Å². The minimum absolute atomic E-state index is 0.0263. The van der Waals surface area contributed by atoms with Gasteiger partial charge in [0.25, 0.3) is 0 Å². The lowest BCUT2D eigenvalue weighted by atomic mass is 9.44. The second-order valence-corrected chi connectivity index (χ2v) is 12.6. The van der Waals surface area contributed by atoms with Gasteiger partial charge in [-0.2, -0.15) is 0 Å². The lowest BCUT2D eigenvalue weighted by Crippen LogP contribution is -2.54. The molecular formula is C29H48O. The summed E-state index contributed by atoms with van der Waals surface area (Å²) in [6.45, 7) is 14.6. The van der Waals surface area contributed by atoms with E-state index in [1.165, 1.54) is 51.4 Å². The molecule has 170 valence electrons. The van der Waals surface area contributed by atoms with Crippen LogP contribution in [-0.2, 0) is 0 Å². The van der Waals surface area contributed by atoms with Gasteiger partial charge in [0.1, 0.15) is 0 Å². The molecule has 0 heterocycles. The highest BCUT2D eigenvalue weighted by Crippen LogP contribution is 2.68. The molecule has 0 aromatic rings. The van der Waals surface area contributed by atoms with Crippen LogP contribution in [0, 0.1) is 70.0 Å². The number of aliphatic hydroxyl groups excluding tert-OH is 1. The van der Waals surface area contributed by atoms with Gasteiger partial charge < -0.3 is 5.11 Å². The Balaban J connectivity index is 1.51. The molecule has 1 N–H and O–H groups in total. The third-order valence-electron chi connectivity index (χ3n) is 11.1. The lowest BCUT2D eigenvalue weighted by Gasteiger charge is -2.61. The van der Waals surface area contributed by atoms with Crippen molar-refractivity contribution in [2.24, 2.45) is 58.2 Å². The standard InChI is InChI=1S/C29H48O/c1-7-21(19(2)3)9-8-20(4)25-12-13-26-24-11-10-22-18-23(30)14-16-28(22,5)27(24)15-17-29(25,26)6/h19-27,30H,7,10-18H2,1-6H3/t20-,21?,22?,23?,24-,25-,26?,27?,28+,29-/m1/s1. The van der Waals surface area contributed by atoms with Crippen molar-refractivity contribution in [2.45, 2.75) is 112 Å². The van der Waals surface area contributed by atoms with E-state index in [2.05, 4.69) is 53.4 Å². The largest absolute Gasteiger partial charge is 0.393 e. The summed E-state index contributed by atoms with van der Waals surface area (Å²) in [5, 5.41) is 10.3. The first-order valence-electron chi connectivity index (χ1n) is 13.4. The normalized spacial score (nSPS) is 47.5. The van der Waals surface area contributed by atoms with Gasteiger partial charge in [0, 0.05) is 11.8 Å². The molecule has 0 bridgehead atoms. The smallest absolute Gasteiger partial charge is 0.0543 e. The van der Waals surface area contributed by atoms with Crippen molar-refractivity contribution in [3.63, 3.8) is 0 Å². The first-order chi connectivity index (χ1) is 14.2. The van der Waals surface area contributed by atoms with Crippen molar-refractivity contribution in [1.82, 2.24) is 0 Å². The number of fused-ring (bicyclic) bond motifs is 5. The molecule has 4 aliphatic rings. The van der Waals surface area contributed by atoms with E-state index in [9.17, 15) is 5.11 Å². The van der Waals surface area contributed by atoms with E-state index in [1.54, 1.807) is 0 Å². The quantitative estimate of drug-likeness (QED) is 0.481. The molecule has 5 unspecified atom stereocenters. The first-order valence-corrected chi connectivity index (χ1v) is 13.4. The average Bonchev–Trinajstić information content (AvgIpc) is 3.06. The summed E-state index contributed by atoms with van der Waals surface area (Å²) in [6.07, 6.45) is 13.0. The molecule has 0 saturated heterocycles. The molecule has 1 heteroatoms. The fraction of sp³-hybridized carbons (Fsp3) is 0.931. The van der Waals surface area contributed by atoms with Gasteiger partial charge in [-0.1, -0.05) is 53.4 Å². The Hall–Kier alpha value is -0.480. The highest BCUT2D eigenvalue weighted by molar-refractivity contribution is 5.15. The lowest BCUT2D eigenvalue weighted by molar-refractivity contribution is -0.128. The summed E-state index contributed by atoms with van der Waals surface area (Å²) < 4.78 is 0. The summed E-state index contributed by atoms with van der Waals surface area (Å²) in [5.74, 6) is 13.6. The van der Waals surface area contributed by atoms with Crippen molar-refractivity contribution in [2.75, 3.05) is 0 Å². The maximum Gasteiger partial charge on any atom is 0.0543 e. The third-order valence-corrected chi connectivity index (χ3v) is 11.1. The Morgan fingerprint density at radius 1 is 0.867 bits per heavy atom. The predicted octanol–water partition coefficient (Wildman–Crippen LogP) is 7.33. The SMILES string of the molecule is CCC(C#C[C@@H](C)[C@H]1CCC2[C@H]3CCC4CC(O)CC[C@]4(C)C3CC[C@@]21C)C(C)C. The molecule has 4 saturated carbocycles. The zero-order chi connectivity index (χ0) is 21.7. The van der Waals surface area contributed by atoms with E-state index < -0.39 is 0 Å². The summed E-state index contributed by atoms with van der Waals surface area (Å²) in [4.78, 5) is 0. The molecular weight excluding hydrogens is 364 g/mol. The minimum Gasteiger partial charge on any atom is -0.393 e. The van der Waals surface area contributed by atoms with Gasteiger partial charge in [0.2, 0.25) is 0 Å². The van der Waals surface area contributed by atoms with Crippen LogP contribution in [0.4, 0.5) is 0 Å². The monoisotopic (exact) mass is 412 g/mol. The zero-order valence-electron chi connectivity index (χ0n) is 20.7. The van der Waals surface area contributed by atoms with E-state index in [0.717, 1.165) is 42.4 Å². The second kappa shape index (κ2) is 8.46. The number of hydrogen-bond donors (Lipinski definition) is 1. The van der Waals surface area contributed by atoms with E-state index in [-0.39, 0.29) is 6.10 Å².